The van der Waals surface area contributed by atoms with E-state index in [0.29, 0.717) is 18.1 Å². The molecule has 0 amide bonds. The molecule has 1 aliphatic rings. The van der Waals surface area contributed by atoms with Gasteiger partial charge in [0.25, 0.3) is 0 Å². The normalized spacial score (nSPS) is 31.5. The van der Waals surface area contributed by atoms with Crippen LogP contribution in [0.3, 0.4) is 0 Å². The lowest BCUT2D eigenvalue weighted by molar-refractivity contribution is -0.125. The second-order valence-electron chi connectivity index (χ2n) is 3.27. The molecule has 0 aliphatic heterocycles. The quantitative estimate of drug-likeness (QED) is 0.574. The Hall–Kier alpha value is -0.840. The summed E-state index contributed by atoms with van der Waals surface area (Å²) in [4.78, 5) is 11.2. The van der Waals surface area contributed by atoms with Crippen molar-refractivity contribution in [3.63, 3.8) is 0 Å². The second-order valence-corrected chi connectivity index (χ2v) is 3.27. The zero-order valence-electron chi connectivity index (χ0n) is 6.84. The van der Waals surface area contributed by atoms with Crippen molar-refractivity contribution in [2.75, 3.05) is 0 Å². The van der Waals surface area contributed by atoms with Crippen molar-refractivity contribution in [2.24, 2.45) is 11.8 Å². The standard InChI is InChI=1S/C9H13NO/c1-7-8(5-6-10)3-2-4-9(7)11/h7-8H,2-5H2,1H3. The molecule has 2 unspecified atom stereocenters. The molecule has 0 radical (unpaired) electrons. The number of hydrogen-bond donors (Lipinski definition) is 0. The smallest absolute Gasteiger partial charge is 0.136 e. The summed E-state index contributed by atoms with van der Waals surface area (Å²) in [6.45, 7) is 1.95. The first-order chi connectivity index (χ1) is 5.25. The summed E-state index contributed by atoms with van der Waals surface area (Å²) < 4.78 is 0. The molecule has 11 heavy (non-hydrogen) atoms. The number of rotatable bonds is 1. The second kappa shape index (κ2) is 3.52. The van der Waals surface area contributed by atoms with E-state index in [1.807, 2.05) is 6.92 Å². The van der Waals surface area contributed by atoms with E-state index in [1.165, 1.54) is 0 Å². The van der Waals surface area contributed by atoms with Crippen LogP contribution in [0.1, 0.15) is 32.6 Å². The SMILES string of the molecule is CC1C(=O)CCCC1CC#N. The van der Waals surface area contributed by atoms with Gasteiger partial charge in [0, 0.05) is 18.8 Å². The fourth-order valence-electron chi connectivity index (χ4n) is 1.68. The van der Waals surface area contributed by atoms with Crippen LogP contribution >= 0.6 is 0 Å². The minimum absolute atomic E-state index is 0.128. The van der Waals surface area contributed by atoms with Crippen LogP contribution in [0.2, 0.25) is 0 Å². The van der Waals surface area contributed by atoms with E-state index in [2.05, 4.69) is 6.07 Å². The van der Waals surface area contributed by atoms with Crippen LogP contribution in [0.5, 0.6) is 0 Å². The van der Waals surface area contributed by atoms with Crippen molar-refractivity contribution in [1.82, 2.24) is 0 Å². The average molecular weight is 151 g/mol. The lowest BCUT2D eigenvalue weighted by atomic mass is 9.78. The van der Waals surface area contributed by atoms with E-state index >= 15 is 0 Å². The minimum Gasteiger partial charge on any atom is -0.299 e. The molecule has 2 heteroatoms. The summed E-state index contributed by atoms with van der Waals surface area (Å²) in [7, 11) is 0. The molecule has 0 N–H and O–H groups in total. The van der Waals surface area contributed by atoms with E-state index in [9.17, 15) is 4.79 Å². The minimum atomic E-state index is 0.128. The highest BCUT2D eigenvalue weighted by Crippen LogP contribution is 2.28. The van der Waals surface area contributed by atoms with Gasteiger partial charge in [-0.3, -0.25) is 4.79 Å². The first-order valence-corrected chi connectivity index (χ1v) is 4.15. The van der Waals surface area contributed by atoms with Gasteiger partial charge in [0.2, 0.25) is 0 Å². The van der Waals surface area contributed by atoms with Crippen molar-refractivity contribution in [1.29, 1.82) is 5.26 Å². The van der Waals surface area contributed by atoms with Crippen LogP contribution in [0.25, 0.3) is 0 Å². The molecule has 0 bridgehead atoms. The molecule has 0 heterocycles. The molecule has 2 atom stereocenters. The molecule has 60 valence electrons. The third-order valence-electron chi connectivity index (χ3n) is 2.57. The maximum absolute atomic E-state index is 11.2. The Kier molecular flexibility index (Phi) is 2.64. The lowest BCUT2D eigenvalue weighted by Gasteiger charge is -2.25. The van der Waals surface area contributed by atoms with Gasteiger partial charge in [0.15, 0.2) is 0 Å². The Bertz CT molecular complexity index is 192. The largest absolute Gasteiger partial charge is 0.299 e. The molecular weight excluding hydrogens is 138 g/mol. The molecule has 0 aromatic carbocycles. The Morgan fingerprint density at radius 1 is 1.73 bits per heavy atom. The van der Waals surface area contributed by atoms with Gasteiger partial charge in [-0.25, -0.2) is 0 Å². The third kappa shape index (κ3) is 1.80. The van der Waals surface area contributed by atoms with E-state index in [1.54, 1.807) is 0 Å². The molecule has 0 aromatic rings. The van der Waals surface area contributed by atoms with E-state index in [-0.39, 0.29) is 5.92 Å². The molecule has 0 saturated heterocycles. The van der Waals surface area contributed by atoms with Crippen LogP contribution in [0.4, 0.5) is 0 Å². The van der Waals surface area contributed by atoms with Crippen molar-refractivity contribution in [2.45, 2.75) is 32.6 Å². The molecule has 1 fully saturated rings. The number of ketones is 1. The summed E-state index contributed by atoms with van der Waals surface area (Å²) in [6.07, 6.45) is 3.31. The van der Waals surface area contributed by atoms with E-state index in [0.717, 1.165) is 19.3 Å². The van der Waals surface area contributed by atoms with Gasteiger partial charge >= 0.3 is 0 Å². The Labute approximate surface area is 67.2 Å². The highest BCUT2D eigenvalue weighted by Gasteiger charge is 2.27. The summed E-state index contributed by atoms with van der Waals surface area (Å²) >= 11 is 0. The molecule has 1 saturated carbocycles. The predicted octanol–water partition coefficient (Wildman–Crippen LogP) is 1.91. The Morgan fingerprint density at radius 2 is 2.45 bits per heavy atom. The van der Waals surface area contributed by atoms with Crippen LogP contribution in [-0.2, 0) is 4.79 Å². The average Bonchev–Trinajstić information content (AvgIpc) is 1.99. The summed E-state index contributed by atoms with van der Waals surface area (Å²) in [6, 6.07) is 2.14. The van der Waals surface area contributed by atoms with Gasteiger partial charge in [-0.05, 0) is 18.8 Å². The first kappa shape index (κ1) is 8.26. The lowest BCUT2D eigenvalue weighted by Crippen LogP contribution is -2.25. The van der Waals surface area contributed by atoms with Gasteiger partial charge in [-0.2, -0.15) is 5.26 Å². The number of nitriles is 1. The summed E-state index contributed by atoms with van der Waals surface area (Å²) in [5.74, 6) is 0.807. The predicted molar refractivity (Wildman–Crippen MR) is 41.7 cm³/mol. The molecule has 0 spiro atoms. The number of carbonyl (C=O) groups is 1. The van der Waals surface area contributed by atoms with Gasteiger partial charge in [0.05, 0.1) is 6.07 Å². The Morgan fingerprint density at radius 3 is 3.09 bits per heavy atom. The summed E-state index contributed by atoms with van der Waals surface area (Å²) in [5, 5.41) is 8.46. The zero-order valence-corrected chi connectivity index (χ0v) is 6.84. The highest BCUT2D eigenvalue weighted by atomic mass is 16.1. The molecule has 1 rings (SSSR count). The number of nitrogens with zero attached hydrogens (tertiary/aromatic N) is 1. The number of Topliss-reactive ketones (excluding diaryl/α,β-unsaturated/α-hetero) is 1. The number of carbonyl (C=O) groups excluding carboxylic acids is 1. The highest BCUT2D eigenvalue weighted by molar-refractivity contribution is 5.81. The molecular formula is C9H13NO. The Balaban J connectivity index is 2.52. The third-order valence-corrected chi connectivity index (χ3v) is 2.57. The van der Waals surface area contributed by atoms with E-state index < -0.39 is 0 Å². The van der Waals surface area contributed by atoms with Crippen LogP contribution in [-0.4, -0.2) is 5.78 Å². The fourth-order valence-corrected chi connectivity index (χ4v) is 1.68. The van der Waals surface area contributed by atoms with E-state index in [4.69, 9.17) is 5.26 Å². The molecule has 1 aliphatic carbocycles. The van der Waals surface area contributed by atoms with Crippen molar-refractivity contribution in [3.8, 4) is 6.07 Å². The summed E-state index contributed by atoms with van der Waals surface area (Å²) in [5.41, 5.74) is 0. The molecule has 0 aromatic heterocycles. The monoisotopic (exact) mass is 151 g/mol. The van der Waals surface area contributed by atoms with Crippen LogP contribution in [0, 0.1) is 23.2 Å². The first-order valence-electron chi connectivity index (χ1n) is 4.15. The molecule has 2 nitrogen and oxygen atoms in total. The van der Waals surface area contributed by atoms with Crippen molar-refractivity contribution < 1.29 is 4.79 Å². The van der Waals surface area contributed by atoms with Gasteiger partial charge < -0.3 is 0 Å². The van der Waals surface area contributed by atoms with Crippen molar-refractivity contribution in [3.05, 3.63) is 0 Å². The van der Waals surface area contributed by atoms with Crippen LogP contribution in [0.15, 0.2) is 0 Å². The fraction of sp³-hybridized carbons (Fsp3) is 0.778. The van der Waals surface area contributed by atoms with Gasteiger partial charge in [-0.1, -0.05) is 6.92 Å². The topological polar surface area (TPSA) is 40.9 Å². The van der Waals surface area contributed by atoms with Gasteiger partial charge in [0.1, 0.15) is 5.78 Å². The van der Waals surface area contributed by atoms with Gasteiger partial charge in [-0.15, -0.1) is 0 Å². The maximum Gasteiger partial charge on any atom is 0.136 e. The zero-order chi connectivity index (χ0) is 8.27. The number of hydrogen-bond acceptors (Lipinski definition) is 2. The maximum atomic E-state index is 11.2. The van der Waals surface area contributed by atoms with Crippen molar-refractivity contribution >= 4 is 5.78 Å². The van der Waals surface area contributed by atoms with Crippen LogP contribution < -0.4 is 0 Å².